The van der Waals surface area contributed by atoms with E-state index in [0.29, 0.717) is 5.69 Å². The first kappa shape index (κ1) is 10.9. The van der Waals surface area contributed by atoms with E-state index in [0.717, 1.165) is 5.56 Å². The SMILES string of the molecule is C[C@H](N=[N+]=[N-])c1ccc(NC(N)=O)cc1. The summed E-state index contributed by atoms with van der Waals surface area (Å²) in [5.41, 5.74) is 14.7. The van der Waals surface area contributed by atoms with Crippen molar-refractivity contribution in [3.8, 4) is 0 Å². The molecule has 1 atom stereocenters. The fourth-order valence-corrected chi connectivity index (χ4v) is 1.13. The first-order chi connectivity index (χ1) is 7.13. The number of anilines is 1. The van der Waals surface area contributed by atoms with Gasteiger partial charge in [0.1, 0.15) is 0 Å². The van der Waals surface area contributed by atoms with Crippen LogP contribution in [0.2, 0.25) is 0 Å². The minimum Gasteiger partial charge on any atom is -0.351 e. The van der Waals surface area contributed by atoms with Crippen LogP contribution in [-0.4, -0.2) is 6.03 Å². The summed E-state index contributed by atoms with van der Waals surface area (Å²) in [5.74, 6) is 0. The van der Waals surface area contributed by atoms with Crippen LogP contribution in [0, 0.1) is 0 Å². The molecule has 1 aromatic rings. The lowest BCUT2D eigenvalue weighted by Crippen LogP contribution is -2.19. The van der Waals surface area contributed by atoms with Gasteiger partial charge >= 0.3 is 6.03 Å². The van der Waals surface area contributed by atoms with Crippen molar-refractivity contribution >= 4 is 11.7 Å². The number of carbonyl (C=O) groups is 1. The van der Waals surface area contributed by atoms with Crippen molar-refractivity contribution in [3.05, 3.63) is 40.3 Å². The molecule has 2 amide bonds. The normalized spacial score (nSPS) is 11.3. The Morgan fingerprint density at radius 1 is 1.53 bits per heavy atom. The quantitative estimate of drug-likeness (QED) is 0.441. The molecule has 3 N–H and O–H groups in total. The summed E-state index contributed by atoms with van der Waals surface area (Å²) < 4.78 is 0. The largest absolute Gasteiger partial charge is 0.351 e. The highest BCUT2D eigenvalue weighted by atomic mass is 16.2. The molecule has 0 bridgehead atoms. The number of nitrogens with two attached hydrogens (primary N) is 1. The van der Waals surface area contributed by atoms with Gasteiger partial charge in [0, 0.05) is 10.6 Å². The Bertz CT molecular complexity index is 393. The van der Waals surface area contributed by atoms with Crippen molar-refractivity contribution in [2.24, 2.45) is 10.8 Å². The molecular formula is C9H11N5O. The van der Waals surface area contributed by atoms with E-state index in [9.17, 15) is 4.79 Å². The molecule has 0 aliphatic carbocycles. The second kappa shape index (κ2) is 4.88. The van der Waals surface area contributed by atoms with Gasteiger partial charge in [-0.1, -0.05) is 24.2 Å². The topological polar surface area (TPSA) is 104 Å². The Morgan fingerprint density at radius 2 is 2.13 bits per heavy atom. The predicted molar refractivity (Wildman–Crippen MR) is 57.2 cm³/mol. The number of nitrogens with one attached hydrogen (secondary N) is 1. The van der Waals surface area contributed by atoms with Crippen LogP contribution in [0.4, 0.5) is 10.5 Å². The second-order valence-corrected chi connectivity index (χ2v) is 2.99. The first-order valence-electron chi connectivity index (χ1n) is 4.34. The van der Waals surface area contributed by atoms with E-state index in [2.05, 4.69) is 15.3 Å². The van der Waals surface area contributed by atoms with Crippen molar-refractivity contribution in [1.82, 2.24) is 0 Å². The van der Waals surface area contributed by atoms with Crippen molar-refractivity contribution in [2.75, 3.05) is 5.32 Å². The molecule has 0 saturated heterocycles. The molecular weight excluding hydrogens is 194 g/mol. The Balaban J connectivity index is 2.80. The molecule has 0 heterocycles. The maximum absolute atomic E-state index is 10.5. The van der Waals surface area contributed by atoms with Crippen LogP contribution in [0.25, 0.3) is 10.4 Å². The summed E-state index contributed by atoms with van der Waals surface area (Å²) in [5, 5.41) is 5.99. The molecule has 1 rings (SSSR count). The highest BCUT2D eigenvalue weighted by Crippen LogP contribution is 2.18. The summed E-state index contributed by atoms with van der Waals surface area (Å²) in [6, 6.07) is 6.10. The van der Waals surface area contributed by atoms with Gasteiger partial charge in [0.15, 0.2) is 0 Å². The third-order valence-electron chi connectivity index (χ3n) is 1.89. The lowest BCUT2D eigenvalue weighted by molar-refractivity contribution is 0.259. The Labute approximate surface area is 86.7 Å². The molecule has 6 heteroatoms. The highest BCUT2D eigenvalue weighted by molar-refractivity contribution is 5.87. The molecule has 1 aromatic carbocycles. The molecule has 0 aliphatic heterocycles. The fraction of sp³-hybridized carbons (Fsp3) is 0.222. The molecule has 0 saturated carbocycles. The average molecular weight is 205 g/mol. The second-order valence-electron chi connectivity index (χ2n) is 2.99. The van der Waals surface area contributed by atoms with E-state index in [1.165, 1.54) is 0 Å². The van der Waals surface area contributed by atoms with Crippen molar-refractivity contribution in [3.63, 3.8) is 0 Å². The monoisotopic (exact) mass is 205 g/mol. The van der Waals surface area contributed by atoms with Crippen molar-refractivity contribution in [1.29, 1.82) is 0 Å². The molecule has 0 aromatic heterocycles. The summed E-state index contributed by atoms with van der Waals surface area (Å²) in [4.78, 5) is 13.3. The van der Waals surface area contributed by atoms with Crippen LogP contribution < -0.4 is 11.1 Å². The van der Waals surface area contributed by atoms with Gasteiger partial charge in [0.25, 0.3) is 0 Å². The smallest absolute Gasteiger partial charge is 0.316 e. The standard InChI is InChI=1S/C9H11N5O/c1-6(13-14-11)7-2-4-8(5-3-7)12-9(10)15/h2-6H,1H3,(H3,10,12,15)/t6-/m0/s1. The zero-order valence-electron chi connectivity index (χ0n) is 8.21. The van der Waals surface area contributed by atoms with Crippen LogP contribution in [-0.2, 0) is 0 Å². The third kappa shape index (κ3) is 3.21. The summed E-state index contributed by atoms with van der Waals surface area (Å²) in [6.07, 6.45) is 0. The number of azide groups is 1. The van der Waals surface area contributed by atoms with Gasteiger partial charge in [-0.15, -0.1) is 0 Å². The number of rotatable bonds is 3. The molecule has 0 radical (unpaired) electrons. The van der Waals surface area contributed by atoms with E-state index in [4.69, 9.17) is 11.3 Å². The number of hydrogen-bond donors (Lipinski definition) is 2. The van der Waals surface area contributed by atoms with E-state index in [1.54, 1.807) is 31.2 Å². The maximum atomic E-state index is 10.5. The van der Waals surface area contributed by atoms with Gasteiger partial charge in [-0.3, -0.25) is 0 Å². The van der Waals surface area contributed by atoms with Crippen molar-refractivity contribution < 1.29 is 4.79 Å². The Hall–Kier alpha value is -2.20. The van der Waals surface area contributed by atoms with Crippen LogP contribution >= 0.6 is 0 Å². The molecule has 0 spiro atoms. The van der Waals surface area contributed by atoms with Crippen LogP contribution in [0.1, 0.15) is 18.5 Å². The zero-order valence-corrected chi connectivity index (χ0v) is 8.21. The molecule has 0 fully saturated rings. The van der Waals surface area contributed by atoms with Gasteiger partial charge in [-0.2, -0.15) is 0 Å². The first-order valence-corrected chi connectivity index (χ1v) is 4.34. The van der Waals surface area contributed by atoms with Crippen LogP contribution in [0.3, 0.4) is 0 Å². The van der Waals surface area contributed by atoms with E-state index >= 15 is 0 Å². The minimum absolute atomic E-state index is 0.224. The number of hydrogen-bond acceptors (Lipinski definition) is 2. The number of amides is 2. The predicted octanol–water partition coefficient (Wildman–Crippen LogP) is 2.55. The van der Waals surface area contributed by atoms with Gasteiger partial charge in [0.2, 0.25) is 0 Å². The molecule has 6 nitrogen and oxygen atoms in total. The molecule has 0 aliphatic rings. The number of urea groups is 1. The summed E-state index contributed by atoms with van der Waals surface area (Å²) >= 11 is 0. The van der Waals surface area contributed by atoms with Gasteiger partial charge < -0.3 is 11.1 Å². The van der Waals surface area contributed by atoms with Crippen molar-refractivity contribution in [2.45, 2.75) is 13.0 Å². The number of benzene rings is 1. The van der Waals surface area contributed by atoms with E-state index in [-0.39, 0.29) is 6.04 Å². The summed E-state index contributed by atoms with van der Waals surface area (Å²) in [7, 11) is 0. The van der Waals surface area contributed by atoms with Crippen LogP contribution in [0.15, 0.2) is 29.4 Å². The number of nitrogens with zero attached hydrogens (tertiary/aromatic N) is 3. The number of primary amides is 1. The average Bonchev–Trinajstić information content (AvgIpc) is 2.18. The highest BCUT2D eigenvalue weighted by Gasteiger charge is 2.02. The van der Waals surface area contributed by atoms with E-state index < -0.39 is 6.03 Å². The number of carbonyl (C=O) groups excluding carboxylic acids is 1. The van der Waals surface area contributed by atoms with Gasteiger partial charge in [-0.05, 0) is 23.2 Å². The zero-order chi connectivity index (χ0) is 11.3. The third-order valence-corrected chi connectivity index (χ3v) is 1.89. The lowest BCUT2D eigenvalue weighted by atomic mass is 10.1. The van der Waals surface area contributed by atoms with E-state index in [1.807, 2.05) is 0 Å². The summed E-state index contributed by atoms with van der Waals surface area (Å²) in [6.45, 7) is 1.79. The van der Waals surface area contributed by atoms with Crippen LogP contribution in [0.5, 0.6) is 0 Å². The lowest BCUT2D eigenvalue weighted by Gasteiger charge is -2.06. The maximum Gasteiger partial charge on any atom is 0.316 e. The molecule has 0 unspecified atom stereocenters. The fourth-order valence-electron chi connectivity index (χ4n) is 1.13. The Morgan fingerprint density at radius 3 is 2.60 bits per heavy atom. The minimum atomic E-state index is -0.606. The van der Waals surface area contributed by atoms with Gasteiger partial charge in [-0.25, -0.2) is 4.79 Å². The van der Waals surface area contributed by atoms with Gasteiger partial charge in [0.05, 0.1) is 6.04 Å². The Kier molecular flexibility index (Phi) is 3.54. The molecule has 15 heavy (non-hydrogen) atoms. The molecule has 78 valence electrons.